The average molecular weight is 569 g/mol. The van der Waals surface area contributed by atoms with Crippen molar-refractivity contribution in [3.8, 4) is 0 Å². The highest BCUT2D eigenvalue weighted by Crippen LogP contribution is 2.32. The second-order valence-corrected chi connectivity index (χ2v) is 12.0. The predicted octanol–water partition coefficient (Wildman–Crippen LogP) is 4.63. The Morgan fingerprint density at radius 2 is 1.72 bits per heavy atom. The van der Waals surface area contributed by atoms with Crippen LogP contribution in [0.25, 0.3) is 6.08 Å². The van der Waals surface area contributed by atoms with Crippen molar-refractivity contribution >= 4 is 68.1 Å². The topological polar surface area (TPSA) is 104 Å². The third-order valence-electron chi connectivity index (χ3n) is 5.79. The Hall–Kier alpha value is -2.37. The number of carbonyl (C=O) groups excluding carboxylic acids is 3. The van der Waals surface area contributed by atoms with E-state index >= 15 is 0 Å². The highest BCUT2D eigenvalue weighted by molar-refractivity contribution is 8.18. The van der Waals surface area contributed by atoms with Crippen LogP contribution < -0.4 is 5.32 Å². The van der Waals surface area contributed by atoms with Crippen LogP contribution in [0.15, 0.2) is 52.3 Å². The number of rotatable bonds is 7. The van der Waals surface area contributed by atoms with Gasteiger partial charge in [0.1, 0.15) is 4.90 Å². The SMILES string of the molecule is O=C(NCCN1C(=O)SC(=Cc2ccc(Cl)cc2)C1=O)c1ccc(Cl)c(S(=O)(=O)N2CCCCC2)c1. The molecule has 2 aliphatic rings. The number of imide groups is 1. The Balaban J connectivity index is 1.39. The molecule has 0 aromatic heterocycles. The molecule has 4 rings (SSSR count). The lowest BCUT2D eigenvalue weighted by atomic mass is 10.2. The van der Waals surface area contributed by atoms with Gasteiger partial charge in [-0.3, -0.25) is 19.3 Å². The maximum absolute atomic E-state index is 13.0. The summed E-state index contributed by atoms with van der Waals surface area (Å²) < 4.78 is 27.5. The van der Waals surface area contributed by atoms with Gasteiger partial charge in [0.2, 0.25) is 10.0 Å². The fourth-order valence-electron chi connectivity index (χ4n) is 3.87. The van der Waals surface area contributed by atoms with Crippen molar-refractivity contribution in [1.82, 2.24) is 14.5 Å². The summed E-state index contributed by atoms with van der Waals surface area (Å²) in [5.41, 5.74) is 0.850. The molecule has 2 aliphatic heterocycles. The molecule has 0 aliphatic carbocycles. The summed E-state index contributed by atoms with van der Waals surface area (Å²) in [5.74, 6) is -0.985. The number of thioether (sulfide) groups is 1. The van der Waals surface area contributed by atoms with Gasteiger partial charge in [-0.05, 0) is 66.6 Å². The van der Waals surface area contributed by atoms with Crippen molar-refractivity contribution in [2.45, 2.75) is 24.2 Å². The maximum atomic E-state index is 13.0. The Labute approximate surface area is 223 Å². The van der Waals surface area contributed by atoms with E-state index in [1.807, 2.05) is 0 Å². The highest BCUT2D eigenvalue weighted by Gasteiger charge is 2.35. The van der Waals surface area contributed by atoms with E-state index in [1.165, 1.54) is 22.5 Å². The second-order valence-electron chi connectivity index (χ2n) is 8.25. The van der Waals surface area contributed by atoms with Gasteiger partial charge in [-0.15, -0.1) is 0 Å². The summed E-state index contributed by atoms with van der Waals surface area (Å²) in [7, 11) is -3.82. The minimum Gasteiger partial charge on any atom is -0.350 e. The zero-order valence-corrected chi connectivity index (χ0v) is 22.2. The van der Waals surface area contributed by atoms with Crippen LogP contribution in [-0.4, -0.2) is 60.9 Å². The number of hydrogen-bond donors (Lipinski definition) is 1. The first kappa shape index (κ1) is 26.7. The van der Waals surface area contributed by atoms with E-state index in [-0.39, 0.29) is 33.5 Å². The zero-order valence-electron chi connectivity index (χ0n) is 19.1. The molecule has 2 heterocycles. The van der Waals surface area contributed by atoms with Gasteiger partial charge in [0, 0.05) is 36.8 Å². The monoisotopic (exact) mass is 567 g/mol. The molecule has 0 saturated carbocycles. The maximum Gasteiger partial charge on any atom is 0.293 e. The van der Waals surface area contributed by atoms with Crippen molar-refractivity contribution in [1.29, 1.82) is 0 Å². The van der Waals surface area contributed by atoms with E-state index in [9.17, 15) is 22.8 Å². The van der Waals surface area contributed by atoms with Gasteiger partial charge in [0.05, 0.1) is 9.93 Å². The first-order valence-corrected chi connectivity index (χ1v) is 14.3. The standard InChI is InChI=1S/C24H23Cl2N3O5S2/c25-18-7-4-16(5-8-18)14-20-23(31)29(24(32)35-20)13-10-27-22(30)17-6-9-19(26)21(15-17)36(33,34)28-11-2-1-3-12-28/h4-9,14-15H,1-3,10-13H2,(H,27,30). The number of carbonyl (C=O) groups is 3. The number of amides is 3. The molecule has 0 spiro atoms. The summed E-state index contributed by atoms with van der Waals surface area (Å²) in [6.07, 6.45) is 4.14. The van der Waals surface area contributed by atoms with Crippen LogP contribution in [0.5, 0.6) is 0 Å². The summed E-state index contributed by atoms with van der Waals surface area (Å²) in [5, 5.41) is 2.81. The second kappa shape index (κ2) is 11.4. The van der Waals surface area contributed by atoms with Crippen molar-refractivity contribution in [2.75, 3.05) is 26.2 Å². The first-order valence-electron chi connectivity index (χ1n) is 11.3. The fraction of sp³-hybridized carbons (Fsp3) is 0.292. The quantitative estimate of drug-likeness (QED) is 0.489. The number of piperidine rings is 1. The van der Waals surface area contributed by atoms with Crippen LogP contribution in [-0.2, 0) is 14.8 Å². The molecule has 8 nitrogen and oxygen atoms in total. The van der Waals surface area contributed by atoms with Gasteiger partial charge < -0.3 is 5.32 Å². The molecule has 190 valence electrons. The first-order chi connectivity index (χ1) is 17.2. The number of benzene rings is 2. The smallest absolute Gasteiger partial charge is 0.293 e. The summed E-state index contributed by atoms with van der Waals surface area (Å²) in [6, 6.07) is 10.9. The number of hydrogen-bond acceptors (Lipinski definition) is 6. The summed E-state index contributed by atoms with van der Waals surface area (Å²) in [4.78, 5) is 38.9. The zero-order chi connectivity index (χ0) is 25.9. The lowest BCUT2D eigenvalue weighted by Gasteiger charge is -2.26. The van der Waals surface area contributed by atoms with E-state index in [2.05, 4.69) is 5.32 Å². The van der Waals surface area contributed by atoms with Crippen LogP contribution in [0.4, 0.5) is 4.79 Å². The molecule has 12 heteroatoms. The van der Waals surface area contributed by atoms with Gasteiger partial charge in [-0.1, -0.05) is 41.8 Å². The van der Waals surface area contributed by atoms with Gasteiger partial charge in [-0.2, -0.15) is 4.31 Å². The van der Waals surface area contributed by atoms with E-state index < -0.39 is 27.1 Å². The molecule has 2 fully saturated rings. The molecular weight excluding hydrogens is 545 g/mol. The van der Waals surface area contributed by atoms with Gasteiger partial charge in [0.15, 0.2) is 0 Å². The van der Waals surface area contributed by atoms with E-state index in [0.717, 1.165) is 41.5 Å². The highest BCUT2D eigenvalue weighted by atomic mass is 35.5. The largest absolute Gasteiger partial charge is 0.350 e. The molecule has 3 amide bonds. The van der Waals surface area contributed by atoms with E-state index in [1.54, 1.807) is 30.3 Å². The van der Waals surface area contributed by atoms with Gasteiger partial charge in [0.25, 0.3) is 17.1 Å². The Kier molecular flexibility index (Phi) is 8.41. The van der Waals surface area contributed by atoms with Crippen molar-refractivity contribution in [3.63, 3.8) is 0 Å². The molecule has 0 bridgehead atoms. The van der Waals surface area contributed by atoms with Crippen LogP contribution in [0, 0.1) is 0 Å². The fourth-order valence-corrected chi connectivity index (χ4v) is 6.88. The molecule has 2 aromatic carbocycles. The number of nitrogens with zero attached hydrogens (tertiary/aromatic N) is 2. The van der Waals surface area contributed by atoms with Gasteiger partial charge >= 0.3 is 0 Å². The normalized spacial score (nSPS) is 18.2. The minimum atomic E-state index is -3.82. The minimum absolute atomic E-state index is 0.00192. The number of nitrogens with one attached hydrogen (secondary N) is 1. The lowest BCUT2D eigenvalue weighted by molar-refractivity contribution is -0.122. The summed E-state index contributed by atoms with van der Waals surface area (Å²) >= 11 is 12.9. The van der Waals surface area contributed by atoms with Crippen LogP contribution in [0.2, 0.25) is 10.0 Å². The Bertz CT molecular complexity index is 1320. The summed E-state index contributed by atoms with van der Waals surface area (Å²) in [6.45, 7) is 0.807. The van der Waals surface area contributed by atoms with E-state index in [4.69, 9.17) is 23.2 Å². The molecule has 36 heavy (non-hydrogen) atoms. The van der Waals surface area contributed by atoms with Crippen LogP contribution >= 0.6 is 35.0 Å². The molecule has 0 radical (unpaired) electrons. The molecule has 0 unspecified atom stereocenters. The molecular formula is C24H23Cl2N3O5S2. The molecule has 2 aromatic rings. The predicted molar refractivity (Wildman–Crippen MR) is 141 cm³/mol. The molecule has 1 N–H and O–H groups in total. The van der Waals surface area contributed by atoms with Crippen LogP contribution in [0.1, 0.15) is 35.2 Å². The Morgan fingerprint density at radius 3 is 2.42 bits per heavy atom. The van der Waals surface area contributed by atoms with Crippen molar-refractivity contribution in [2.24, 2.45) is 0 Å². The van der Waals surface area contributed by atoms with Crippen molar-refractivity contribution in [3.05, 3.63) is 68.5 Å². The van der Waals surface area contributed by atoms with E-state index in [0.29, 0.717) is 18.1 Å². The number of sulfonamides is 1. The van der Waals surface area contributed by atoms with Gasteiger partial charge in [-0.25, -0.2) is 8.42 Å². The third-order valence-corrected chi connectivity index (χ3v) is 9.33. The number of halogens is 2. The average Bonchev–Trinajstić information content (AvgIpc) is 3.13. The Morgan fingerprint density at radius 1 is 1.03 bits per heavy atom. The molecule has 0 atom stereocenters. The van der Waals surface area contributed by atoms with Crippen molar-refractivity contribution < 1.29 is 22.8 Å². The molecule has 2 saturated heterocycles. The lowest BCUT2D eigenvalue weighted by Crippen LogP contribution is -2.37. The van der Waals surface area contributed by atoms with Crippen LogP contribution in [0.3, 0.4) is 0 Å². The third kappa shape index (κ3) is 5.95.